The van der Waals surface area contributed by atoms with Crippen molar-refractivity contribution in [2.45, 2.75) is 65.0 Å². The summed E-state index contributed by atoms with van der Waals surface area (Å²) >= 11 is 0. The van der Waals surface area contributed by atoms with Crippen LogP contribution in [0.2, 0.25) is 0 Å². The van der Waals surface area contributed by atoms with Crippen molar-refractivity contribution in [1.29, 1.82) is 0 Å². The first-order chi connectivity index (χ1) is 10.2. The zero-order valence-corrected chi connectivity index (χ0v) is 14.1. The molecule has 1 heterocycles. The fraction of sp³-hybridized carbons (Fsp3) is 0.684. The number of nitrogens with one attached hydrogen (secondary N) is 1. The molecular weight excluding hydrogens is 256 g/mol. The quantitative estimate of drug-likeness (QED) is 0.767. The van der Waals surface area contributed by atoms with E-state index in [0.717, 1.165) is 12.6 Å². The molecule has 0 bridgehead atoms. The van der Waals surface area contributed by atoms with Gasteiger partial charge in [0.25, 0.3) is 0 Å². The lowest BCUT2D eigenvalue weighted by molar-refractivity contribution is 0.234. The maximum Gasteiger partial charge on any atom is 0.0332 e. The smallest absolute Gasteiger partial charge is 0.0332 e. The lowest BCUT2D eigenvalue weighted by Gasteiger charge is -2.27. The minimum Gasteiger partial charge on any atom is -0.310 e. The van der Waals surface area contributed by atoms with Gasteiger partial charge in [0.15, 0.2) is 0 Å². The molecule has 1 N–H and O–H groups in total. The zero-order valence-electron chi connectivity index (χ0n) is 14.1. The van der Waals surface area contributed by atoms with Crippen LogP contribution in [0.25, 0.3) is 0 Å². The van der Waals surface area contributed by atoms with E-state index in [1.807, 2.05) is 0 Å². The molecule has 2 heteroatoms. The van der Waals surface area contributed by atoms with Crippen molar-refractivity contribution in [1.82, 2.24) is 10.2 Å². The molecule has 1 aliphatic rings. The van der Waals surface area contributed by atoms with Gasteiger partial charge in [0.1, 0.15) is 0 Å². The zero-order chi connectivity index (χ0) is 15.1. The Morgan fingerprint density at radius 2 is 2.00 bits per heavy atom. The summed E-state index contributed by atoms with van der Waals surface area (Å²) in [7, 11) is 0. The number of nitrogens with zero attached hydrogens (tertiary/aromatic N) is 1. The molecule has 1 aliphatic heterocycles. The van der Waals surface area contributed by atoms with E-state index in [1.54, 1.807) is 0 Å². The number of hydrogen-bond acceptors (Lipinski definition) is 2. The molecule has 0 spiro atoms. The van der Waals surface area contributed by atoms with Gasteiger partial charge in [0.2, 0.25) is 0 Å². The minimum absolute atomic E-state index is 0.503. The van der Waals surface area contributed by atoms with E-state index in [1.165, 1.54) is 56.3 Å². The Labute approximate surface area is 130 Å². The van der Waals surface area contributed by atoms with Crippen molar-refractivity contribution in [3.05, 3.63) is 35.4 Å². The first kappa shape index (κ1) is 16.5. The van der Waals surface area contributed by atoms with Crippen molar-refractivity contribution in [2.24, 2.45) is 0 Å². The van der Waals surface area contributed by atoms with E-state index >= 15 is 0 Å². The fourth-order valence-electron chi connectivity index (χ4n) is 3.45. The summed E-state index contributed by atoms with van der Waals surface area (Å²) in [5.74, 6) is 0. The number of benzene rings is 1. The molecule has 0 aliphatic carbocycles. The monoisotopic (exact) mass is 288 g/mol. The van der Waals surface area contributed by atoms with Crippen molar-refractivity contribution < 1.29 is 0 Å². The number of rotatable bonds is 8. The summed E-state index contributed by atoms with van der Waals surface area (Å²) in [4.78, 5) is 2.70. The van der Waals surface area contributed by atoms with Gasteiger partial charge in [-0.2, -0.15) is 0 Å². The minimum atomic E-state index is 0.503. The molecule has 118 valence electrons. The van der Waals surface area contributed by atoms with Crippen LogP contribution in [0.15, 0.2) is 24.3 Å². The summed E-state index contributed by atoms with van der Waals surface area (Å²) in [6.45, 7) is 10.4. The van der Waals surface area contributed by atoms with Crippen LogP contribution in [0.1, 0.15) is 63.1 Å². The molecule has 2 rings (SSSR count). The average molecular weight is 288 g/mol. The van der Waals surface area contributed by atoms with Crippen molar-refractivity contribution in [3.8, 4) is 0 Å². The first-order valence-corrected chi connectivity index (χ1v) is 8.78. The van der Waals surface area contributed by atoms with Crippen molar-refractivity contribution >= 4 is 0 Å². The van der Waals surface area contributed by atoms with Gasteiger partial charge in [0.05, 0.1) is 0 Å². The highest BCUT2D eigenvalue weighted by atomic mass is 15.2. The third kappa shape index (κ3) is 4.82. The largest absolute Gasteiger partial charge is 0.310 e. The van der Waals surface area contributed by atoms with E-state index in [0.29, 0.717) is 6.04 Å². The molecule has 2 nitrogen and oxygen atoms in total. The topological polar surface area (TPSA) is 15.3 Å². The third-order valence-corrected chi connectivity index (χ3v) is 4.80. The van der Waals surface area contributed by atoms with E-state index in [4.69, 9.17) is 0 Å². The van der Waals surface area contributed by atoms with Gasteiger partial charge in [-0.3, -0.25) is 0 Å². The molecule has 21 heavy (non-hydrogen) atoms. The molecule has 0 aromatic heterocycles. The van der Waals surface area contributed by atoms with E-state index in [2.05, 4.69) is 55.3 Å². The van der Waals surface area contributed by atoms with E-state index in [9.17, 15) is 0 Å². The first-order valence-electron chi connectivity index (χ1n) is 8.78. The molecule has 1 saturated heterocycles. The Morgan fingerprint density at radius 1 is 1.24 bits per heavy atom. The number of aryl methyl sites for hydroxylation is 1. The van der Waals surface area contributed by atoms with Gasteiger partial charge in [-0.05, 0) is 57.7 Å². The second-order valence-electron chi connectivity index (χ2n) is 6.45. The summed E-state index contributed by atoms with van der Waals surface area (Å²) < 4.78 is 0. The normalized spacial score (nSPS) is 20.8. The fourth-order valence-corrected chi connectivity index (χ4v) is 3.45. The van der Waals surface area contributed by atoms with Gasteiger partial charge >= 0.3 is 0 Å². The summed E-state index contributed by atoms with van der Waals surface area (Å²) in [5.41, 5.74) is 2.79. The van der Waals surface area contributed by atoms with Gasteiger partial charge < -0.3 is 10.2 Å². The number of likely N-dealkylation sites (tertiary alicyclic amines) is 1. The second kappa shape index (κ2) is 8.55. The highest BCUT2D eigenvalue weighted by Gasteiger charge is 2.23. The predicted octanol–water partition coefficient (Wildman–Crippen LogP) is 4.30. The summed E-state index contributed by atoms with van der Waals surface area (Å²) in [5, 5.41) is 3.74. The van der Waals surface area contributed by atoms with Crippen LogP contribution < -0.4 is 5.32 Å². The van der Waals surface area contributed by atoms with Gasteiger partial charge in [0, 0.05) is 18.6 Å². The third-order valence-electron chi connectivity index (χ3n) is 4.80. The Kier molecular flexibility index (Phi) is 6.72. The summed E-state index contributed by atoms with van der Waals surface area (Å²) in [6, 6.07) is 10.4. The van der Waals surface area contributed by atoms with Crippen molar-refractivity contribution in [3.63, 3.8) is 0 Å². The van der Waals surface area contributed by atoms with Gasteiger partial charge in [-0.1, -0.05) is 43.7 Å². The van der Waals surface area contributed by atoms with E-state index < -0.39 is 0 Å². The van der Waals surface area contributed by atoms with Crippen LogP contribution >= 0.6 is 0 Å². The lowest BCUT2D eigenvalue weighted by Crippen LogP contribution is -2.33. The molecule has 0 saturated carbocycles. The molecule has 2 atom stereocenters. The molecule has 1 aromatic rings. The molecular formula is C19H32N2. The van der Waals surface area contributed by atoms with E-state index in [-0.39, 0.29) is 0 Å². The Hall–Kier alpha value is -0.860. The second-order valence-corrected chi connectivity index (χ2v) is 6.45. The molecule has 0 amide bonds. The van der Waals surface area contributed by atoms with Crippen molar-refractivity contribution in [2.75, 3.05) is 19.6 Å². The molecule has 1 fully saturated rings. The van der Waals surface area contributed by atoms with Crippen LogP contribution in [0, 0.1) is 6.92 Å². The molecule has 1 aromatic carbocycles. The maximum atomic E-state index is 3.74. The molecule has 0 radical (unpaired) electrons. The van der Waals surface area contributed by atoms with Crippen LogP contribution in [0.3, 0.4) is 0 Å². The van der Waals surface area contributed by atoms with Crippen LogP contribution in [0.5, 0.6) is 0 Å². The predicted molar refractivity (Wildman–Crippen MR) is 91.7 cm³/mol. The highest BCUT2D eigenvalue weighted by molar-refractivity contribution is 5.24. The highest BCUT2D eigenvalue weighted by Crippen LogP contribution is 2.23. The SMILES string of the molecule is CCCNC(CCN1CCCC1CC)c1ccc(C)cc1. The maximum absolute atomic E-state index is 3.74. The van der Waals surface area contributed by atoms with Crippen LogP contribution in [-0.4, -0.2) is 30.6 Å². The Morgan fingerprint density at radius 3 is 2.67 bits per heavy atom. The average Bonchev–Trinajstić information content (AvgIpc) is 2.96. The Bertz CT molecular complexity index is 399. The summed E-state index contributed by atoms with van der Waals surface area (Å²) in [6.07, 6.45) is 6.50. The van der Waals surface area contributed by atoms with Crippen LogP contribution in [0.4, 0.5) is 0 Å². The Balaban J connectivity index is 1.94. The lowest BCUT2D eigenvalue weighted by atomic mass is 10.0. The molecule has 2 unspecified atom stereocenters. The van der Waals surface area contributed by atoms with Gasteiger partial charge in [-0.25, -0.2) is 0 Å². The van der Waals surface area contributed by atoms with Gasteiger partial charge in [-0.15, -0.1) is 0 Å². The standard InChI is InChI=1S/C19H32N2/c1-4-13-20-19(17-10-8-16(3)9-11-17)12-15-21-14-6-7-18(21)5-2/h8-11,18-20H,4-7,12-15H2,1-3H3. The number of hydrogen-bond donors (Lipinski definition) is 1. The van der Waals surface area contributed by atoms with Crippen LogP contribution in [-0.2, 0) is 0 Å².